The highest BCUT2D eigenvalue weighted by Crippen LogP contribution is 2.32. The first-order valence-corrected chi connectivity index (χ1v) is 9.58. The molecule has 0 saturated carbocycles. The van der Waals surface area contributed by atoms with Crippen LogP contribution in [-0.2, 0) is 12.8 Å². The molecule has 0 aliphatic heterocycles. The Morgan fingerprint density at radius 3 is 2.15 bits per heavy atom. The van der Waals surface area contributed by atoms with Gasteiger partial charge in [0.2, 0.25) is 0 Å². The van der Waals surface area contributed by atoms with Gasteiger partial charge in [-0.15, -0.1) is 0 Å². The van der Waals surface area contributed by atoms with Crippen molar-refractivity contribution < 1.29 is 0 Å². The zero-order valence-electron chi connectivity index (χ0n) is 15.5. The molecule has 2 heterocycles. The lowest BCUT2D eigenvalue weighted by atomic mass is 9.92. The Kier molecular flexibility index (Phi) is 4.66. The smallest absolute Gasteiger partial charge is 0.0928 e. The van der Waals surface area contributed by atoms with Crippen molar-refractivity contribution in [2.75, 3.05) is 0 Å². The van der Waals surface area contributed by atoms with Gasteiger partial charge in [-0.3, -0.25) is 0 Å². The molecule has 0 N–H and O–H groups in total. The minimum absolute atomic E-state index is 0.982. The fourth-order valence-electron chi connectivity index (χ4n) is 3.78. The van der Waals surface area contributed by atoms with Gasteiger partial charge in [0, 0.05) is 10.8 Å². The normalized spacial score (nSPS) is 11.3. The molecule has 0 amide bonds. The first-order valence-electron chi connectivity index (χ1n) is 9.58. The molecule has 2 aromatic heterocycles. The highest BCUT2D eigenvalue weighted by Gasteiger charge is 2.16. The van der Waals surface area contributed by atoms with E-state index in [2.05, 4.69) is 68.4 Å². The second-order valence-electron chi connectivity index (χ2n) is 6.82. The first-order chi connectivity index (χ1) is 12.8. The summed E-state index contributed by atoms with van der Waals surface area (Å²) in [4.78, 5) is 9.99. The van der Waals surface area contributed by atoms with Crippen molar-refractivity contribution in [3.63, 3.8) is 0 Å². The van der Waals surface area contributed by atoms with Crippen molar-refractivity contribution in [2.24, 2.45) is 0 Å². The number of rotatable bonds is 5. The van der Waals surface area contributed by atoms with Crippen LogP contribution in [-0.4, -0.2) is 9.97 Å². The third-order valence-corrected chi connectivity index (χ3v) is 4.95. The summed E-state index contributed by atoms with van der Waals surface area (Å²) in [6.07, 6.45) is 4.36. The van der Waals surface area contributed by atoms with E-state index in [1.807, 2.05) is 6.07 Å². The van der Waals surface area contributed by atoms with Gasteiger partial charge in [-0.2, -0.15) is 0 Å². The summed E-state index contributed by atoms with van der Waals surface area (Å²) >= 11 is 0. The highest BCUT2D eigenvalue weighted by molar-refractivity contribution is 5.88. The zero-order chi connectivity index (χ0) is 17.9. The quantitative estimate of drug-likeness (QED) is 0.423. The summed E-state index contributed by atoms with van der Waals surface area (Å²) in [6, 6.07) is 21.1. The number of nitrogens with zero attached hydrogens (tertiary/aromatic N) is 2. The van der Waals surface area contributed by atoms with Gasteiger partial charge < -0.3 is 0 Å². The van der Waals surface area contributed by atoms with Gasteiger partial charge in [-0.1, -0.05) is 69.2 Å². The largest absolute Gasteiger partial charge is 0.246 e. The van der Waals surface area contributed by atoms with Crippen LogP contribution in [0.15, 0.2) is 60.7 Å². The van der Waals surface area contributed by atoms with Crippen LogP contribution in [0.2, 0.25) is 0 Å². The van der Waals surface area contributed by atoms with Crippen LogP contribution in [0, 0.1) is 0 Å². The van der Waals surface area contributed by atoms with Crippen LogP contribution in [0.5, 0.6) is 0 Å². The third kappa shape index (κ3) is 2.96. The molecule has 0 aliphatic carbocycles. The Morgan fingerprint density at radius 1 is 0.654 bits per heavy atom. The molecular formula is C24H24N2. The van der Waals surface area contributed by atoms with Crippen molar-refractivity contribution in [1.29, 1.82) is 0 Å². The molecule has 0 aliphatic rings. The number of pyridine rings is 2. The van der Waals surface area contributed by atoms with Gasteiger partial charge in [0.25, 0.3) is 0 Å². The Morgan fingerprint density at radius 2 is 1.35 bits per heavy atom. The molecule has 4 rings (SSSR count). The molecule has 26 heavy (non-hydrogen) atoms. The van der Waals surface area contributed by atoms with Gasteiger partial charge >= 0.3 is 0 Å². The van der Waals surface area contributed by atoms with Crippen molar-refractivity contribution in [3.05, 3.63) is 71.8 Å². The van der Waals surface area contributed by atoms with Crippen LogP contribution >= 0.6 is 0 Å². The van der Waals surface area contributed by atoms with E-state index in [-0.39, 0.29) is 0 Å². The number of fused-ring (bicyclic) bond motifs is 2. The van der Waals surface area contributed by atoms with E-state index in [1.54, 1.807) is 0 Å². The maximum atomic E-state index is 5.05. The topological polar surface area (TPSA) is 25.8 Å². The van der Waals surface area contributed by atoms with E-state index >= 15 is 0 Å². The SMILES string of the molecule is CCCc1c(-c2ccc3ccccc3n2)nc2ccccc2c1CCC. The lowest BCUT2D eigenvalue weighted by molar-refractivity contribution is 0.864. The Hall–Kier alpha value is -2.74. The average Bonchev–Trinajstić information content (AvgIpc) is 2.69. The Labute approximate surface area is 154 Å². The monoisotopic (exact) mass is 340 g/mol. The molecule has 2 heteroatoms. The van der Waals surface area contributed by atoms with E-state index in [1.165, 1.54) is 21.9 Å². The molecule has 2 nitrogen and oxygen atoms in total. The van der Waals surface area contributed by atoms with Crippen LogP contribution < -0.4 is 0 Å². The second-order valence-corrected chi connectivity index (χ2v) is 6.82. The van der Waals surface area contributed by atoms with Crippen LogP contribution in [0.25, 0.3) is 33.2 Å². The van der Waals surface area contributed by atoms with E-state index < -0.39 is 0 Å². The predicted octanol–water partition coefficient (Wildman–Crippen LogP) is 6.36. The molecule has 0 unspecified atom stereocenters. The summed E-state index contributed by atoms with van der Waals surface area (Å²) in [5, 5.41) is 2.46. The van der Waals surface area contributed by atoms with E-state index in [4.69, 9.17) is 9.97 Å². The van der Waals surface area contributed by atoms with Crippen molar-refractivity contribution in [2.45, 2.75) is 39.5 Å². The molecule has 130 valence electrons. The van der Waals surface area contributed by atoms with Gasteiger partial charge in [-0.25, -0.2) is 9.97 Å². The molecule has 0 bridgehead atoms. The van der Waals surface area contributed by atoms with E-state index in [0.717, 1.165) is 48.1 Å². The van der Waals surface area contributed by atoms with Gasteiger partial charge in [0.15, 0.2) is 0 Å². The molecular weight excluding hydrogens is 316 g/mol. The van der Waals surface area contributed by atoms with Crippen molar-refractivity contribution >= 4 is 21.8 Å². The van der Waals surface area contributed by atoms with E-state index in [9.17, 15) is 0 Å². The van der Waals surface area contributed by atoms with Gasteiger partial charge in [0.1, 0.15) is 0 Å². The number of aromatic nitrogens is 2. The molecule has 0 spiro atoms. The number of hydrogen-bond acceptors (Lipinski definition) is 2. The predicted molar refractivity (Wildman–Crippen MR) is 110 cm³/mol. The molecule has 0 radical (unpaired) electrons. The van der Waals surface area contributed by atoms with Crippen LogP contribution in [0.4, 0.5) is 0 Å². The minimum atomic E-state index is 0.982. The molecule has 2 aromatic carbocycles. The number of aryl methyl sites for hydroxylation is 1. The first kappa shape index (κ1) is 16.7. The summed E-state index contributed by atoms with van der Waals surface area (Å²) in [5.41, 5.74) is 6.95. The number of benzene rings is 2. The standard InChI is InChI=1S/C24H24N2/c1-3-9-18-19-12-6-8-14-22(19)26-24(20(18)10-4-2)23-16-15-17-11-5-7-13-21(17)25-23/h5-8,11-16H,3-4,9-10H2,1-2H3. The minimum Gasteiger partial charge on any atom is -0.246 e. The second kappa shape index (κ2) is 7.25. The van der Waals surface area contributed by atoms with Crippen molar-refractivity contribution in [1.82, 2.24) is 9.97 Å². The van der Waals surface area contributed by atoms with Gasteiger partial charge in [0.05, 0.1) is 22.4 Å². The average molecular weight is 340 g/mol. The highest BCUT2D eigenvalue weighted by atomic mass is 14.8. The summed E-state index contributed by atoms with van der Waals surface area (Å²) in [5.74, 6) is 0. The fraction of sp³-hybridized carbons (Fsp3) is 0.250. The van der Waals surface area contributed by atoms with Gasteiger partial charge in [-0.05, 0) is 42.2 Å². The Bertz CT molecular complexity index is 1070. The van der Waals surface area contributed by atoms with Crippen LogP contribution in [0.3, 0.4) is 0 Å². The molecule has 0 atom stereocenters. The maximum absolute atomic E-state index is 5.05. The fourth-order valence-corrected chi connectivity index (χ4v) is 3.78. The third-order valence-electron chi connectivity index (χ3n) is 4.95. The molecule has 0 saturated heterocycles. The van der Waals surface area contributed by atoms with Crippen LogP contribution in [0.1, 0.15) is 37.8 Å². The Balaban J connectivity index is 2.01. The molecule has 4 aromatic rings. The molecule has 0 fully saturated rings. The lowest BCUT2D eigenvalue weighted by Gasteiger charge is -2.17. The van der Waals surface area contributed by atoms with E-state index in [0.29, 0.717) is 0 Å². The summed E-state index contributed by atoms with van der Waals surface area (Å²) < 4.78 is 0. The summed E-state index contributed by atoms with van der Waals surface area (Å²) in [6.45, 7) is 4.49. The number of hydrogen-bond donors (Lipinski definition) is 0. The lowest BCUT2D eigenvalue weighted by Crippen LogP contribution is -2.03. The zero-order valence-corrected chi connectivity index (χ0v) is 15.5. The maximum Gasteiger partial charge on any atom is 0.0928 e. The van der Waals surface area contributed by atoms with Crippen molar-refractivity contribution in [3.8, 4) is 11.4 Å². The summed E-state index contributed by atoms with van der Waals surface area (Å²) in [7, 11) is 0. The number of para-hydroxylation sites is 2.